The van der Waals surface area contributed by atoms with Crippen molar-refractivity contribution in [2.45, 2.75) is 33.2 Å². The molecule has 0 bridgehead atoms. The first-order valence-electron chi connectivity index (χ1n) is 7.47. The molecule has 0 fully saturated rings. The van der Waals surface area contributed by atoms with E-state index in [0.717, 1.165) is 22.3 Å². The number of halogens is 1. The van der Waals surface area contributed by atoms with E-state index in [1.165, 1.54) is 6.07 Å². The minimum atomic E-state index is -0.310. The number of hydrogen-bond donors (Lipinski definition) is 0. The smallest absolute Gasteiger partial charge is 0.220 e. The van der Waals surface area contributed by atoms with Gasteiger partial charge in [-0.3, -0.25) is 0 Å². The van der Waals surface area contributed by atoms with E-state index in [9.17, 15) is 4.39 Å². The van der Waals surface area contributed by atoms with Gasteiger partial charge in [-0.2, -0.15) is 0 Å². The van der Waals surface area contributed by atoms with Gasteiger partial charge in [-0.15, -0.1) is 0 Å². The number of aryl methyl sites for hydroxylation is 2. The highest BCUT2D eigenvalue weighted by molar-refractivity contribution is 6.02. The van der Waals surface area contributed by atoms with E-state index >= 15 is 0 Å². The number of benzene rings is 2. The van der Waals surface area contributed by atoms with Gasteiger partial charge in [0.2, 0.25) is 5.90 Å². The second kappa shape index (κ2) is 5.24. The van der Waals surface area contributed by atoms with Crippen LogP contribution in [0.4, 0.5) is 4.39 Å². The Kier molecular flexibility index (Phi) is 3.51. The van der Waals surface area contributed by atoms with Crippen LogP contribution in [-0.2, 0) is 4.74 Å². The molecule has 1 heterocycles. The Labute approximate surface area is 130 Å². The molecule has 2 aromatic rings. The van der Waals surface area contributed by atoms with Crippen molar-refractivity contribution >= 4 is 5.90 Å². The van der Waals surface area contributed by atoms with E-state index in [0.29, 0.717) is 18.1 Å². The summed E-state index contributed by atoms with van der Waals surface area (Å²) in [6, 6.07) is 11.2. The minimum absolute atomic E-state index is 0.295. The summed E-state index contributed by atoms with van der Waals surface area (Å²) in [5.74, 6) is 0.109. The molecule has 0 aliphatic carbocycles. The Morgan fingerprint density at radius 2 is 1.64 bits per heavy atom. The van der Waals surface area contributed by atoms with Gasteiger partial charge in [0.05, 0.1) is 11.1 Å². The van der Waals surface area contributed by atoms with Crippen molar-refractivity contribution < 1.29 is 9.13 Å². The Hall–Kier alpha value is -2.16. The van der Waals surface area contributed by atoms with E-state index in [1.807, 2.05) is 52.0 Å². The van der Waals surface area contributed by atoms with Gasteiger partial charge in [-0.05, 0) is 56.0 Å². The van der Waals surface area contributed by atoms with Gasteiger partial charge in [0, 0.05) is 0 Å². The monoisotopic (exact) mass is 297 g/mol. The van der Waals surface area contributed by atoms with E-state index in [4.69, 9.17) is 4.74 Å². The van der Waals surface area contributed by atoms with Gasteiger partial charge in [0.1, 0.15) is 12.4 Å². The molecule has 114 valence electrons. The molecule has 1 aliphatic rings. The summed E-state index contributed by atoms with van der Waals surface area (Å²) >= 11 is 0. The lowest BCUT2D eigenvalue weighted by Gasteiger charge is -2.15. The lowest BCUT2D eigenvalue weighted by molar-refractivity contribution is 0.279. The first kappa shape index (κ1) is 14.8. The highest BCUT2D eigenvalue weighted by Crippen LogP contribution is 2.34. The van der Waals surface area contributed by atoms with Gasteiger partial charge in [-0.25, -0.2) is 9.38 Å². The fourth-order valence-electron chi connectivity index (χ4n) is 2.90. The summed E-state index contributed by atoms with van der Waals surface area (Å²) in [5.41, 5.74) is 4.27. The number of aliphatic imine (C=N–C) groups is 1. The summed E-state index contributed by atoms with van der Waals surface area (Å²) in [6.45, 7) is 8.53. The van der Waals surface area contributed by atoms with Gasteiger partial charge < -0.3 is 4.74 Å². The molecule has 22 heavy (non-hydrogen) atoms. The average Bonchev–Trinajstić information content (AvgIpc) is 2.78. The van der Waals surface area contributed by atoms with Crippen LogP contribution in [-0.4, -0.2) is 18.0 Å². The molecule has 0 amide bonds. The molecule has 0 radical (unpaired) electrons. The predicted octanol–water partition coefficient (Wildman–Crippen LogP) is 4.66. The van der Waals surface area contributed by atoms with Crippen molar-refractivity contribution in [3.63, 3.8) is 0 Å². The van der Waals surface area contributed by atoms with E-state index < -0.39 is 0 Å². The number of rotatable bonds is 2. The molecule has 0 atom stereocenters. The number of hydrogen-bond acceptors (Lipinski definition) is 2. The molecule has 0 N–H and O–H groups in total. The van der Waals surface area contributed by atoms with Gasteiger partial charge in [0.25, 0.3) is 0 Å². The first-order valence-corrected chi connectivity index (χ1v) is 7.47. The molecule has 0 saturated heterocycles. The van der Waals surface area contributed by atoms with Crippen molar-refractivity contribution in [1.82, 2.24) is 0 Å². The highest BCUT2D eigenvalue weighted by atomic mass is 19.1. The maximum Gasteiger partial charge on any atom is 0.220 e. The highest BCUT2D eigenvalue weighted by Gasteiger charge is 2.30. The largest absolute Gasteiger partial charge is 0.475 e. The Morgan fingerprint density at radius 3 is 2.23 bits per heavy atom. The zero-order chi connectivity index (χ0) is 15.9. The van der Waals surface area contributed by atoms with Crippen LogP contribution < -0.4 is 0 Å². The van der Waals surface area contributed by atoms with Gasteiger partial charge in [0.15, 0.2) is 0 Å². The fourth-order valence-corrected chi connectivity index (χ4v) is 2.90. The van der Waals surface area contributed by atoms with Crippen LogP contribution >= 0.6 is 0 Å². The van der Waals surface area contributed by atoms with Gasteiger partial charge in [-0.1, -0.05) is 30.3 Å². The molecule has 0 aromatic heterocycles. The molecular weight excluding hydrogens is 277 g/mol. The Balaban J connectivity index is 2.25. The molecule has 0 spiro atoms. The summed E-state index contributed by atoms with van der Waals surface area (Å²) in [7, 11) is 0. The lowest BCUT2D eigenvalue weighted by Crippen LogP contribution is -2.17. The zero-order valence-electron chi connectivity index (χ0n) is 13.4. The molecule has 3 heteroatoms. The van der Waals surface area contributed by atoms with Crippen molar-refractivity contribution in [1.29, 1.82) is 0 Å². The molecule has 3 rings (SSSR count). The maximum atomic E-state index is 14.5. The van der Waals surface area contributed by atoms with Crippen LogP contribution in [0, 0.1) is 19.7 Å². The summed E-state index contributed by atoms with van der Waals surface area (Å²) < 4.78 is 20.2. The zero-order valence-corrected chi connectivity index (χ0v) is 13.4. The van der Waals surface area contributed by atoms with Gasteiger partial charge >= 0.3 is 0 Å². The topological polar surface area (TPSA) is 21.6 Å². The third kappa shape index (κ3) is 2.52. The summed E-state index contributed by atoms with van der Waals surface area (Å²) in [4.78, 5) is 4.55. The second-order valence-corrected chi connectivity index (χ2v) is 6.45. The lowest BCUT2D eigenvalue weighted by atomic mass is 9.92. The molecule has 0 unspecified atom stereocenters. The van der Waals surface area contributed by atoms with Crippen LogP contribution in [0.15, 0.2) is 41.4 Å². The molecular formula is C19H20FNO. The number of ether oxygens (including phenoxy) is 1. The third-order valence-corrected chi connectivity index (χ3v) is 3.94. The van der Waals surface area contributed by atoms with E-state index in [1.54, 1.807) is 6.07 Å². The van der Waals surface area contributed by atoms with Crippen molar-refractivity contribution in [2.24, 2.45) is 4.99 Å². The SMILES string of the molecule is Cc1cccc(C)c1-c1cccc(F)c1C1=NC(C)(C)CO1. The third-order valence-electron chi connectivity index (χ3n) is 3.94. The van der Waals surface area contributed by atoms with Crippen LogP contribution in [0.3, 0.4) is 0 Å². The second-order valence-electron chi connectivity index (χ2n) is 6.45. The minimum Gasteiger partial charge on any atom is -0.475 e. The normalized spacial score (nSPS) is 16.3. The van der Waals surface area contributed by atoms with Crippen LogP contribution in [0.1, 0.15) is 30.5 Å². The predicted molar refractivity (Wildman–Crippen MR) is 87.9 cm³/mol. The van der Waals surface area contributed by atoms with Crippen molar-refractivity contribution in [3.8, 4) is 11.1 Å². The van der Waals surface area contributed by atoms with Crippen molar-refractivity contribution in [2.75, 3.05) is 6.61 Å². The van der Waals surface area contributed by atoms with E-state index in [-0.39, 0.29) is 11.4 Å². The standard InChI is InChI=1S/C19H20FNO/c1-12-7-5-8-13(2)16(12)14-9-6-10-15(20)17(14)18-21-19(3,4)11-22-18/h5-10H,11H2,1-4H3. The van der Waals surface area contributed by atoms with Crippen LogP contribution in [0.2, 0.25) is 0 Å². The Morgan fingerprint density at radius 1 is 1.00 bits per heavy atom. The molecule has 2 aromatic carbocycles. The van der Waals surface area contributed by atoms with E-state index in [2.05, 4.69) is 4.99 Å². The molecule has 1 aliphatic heterocycles. The van der Waals surface area contributed by atoms with Crippen molar-refractivity contribution in [3.05, 3.63) is 58.9 Å². The quantitative estimate of drug-likeness (QED) is 0.789. The maximum absolute atomic E-state index is 14.5. The Bertz CT molecular complexity index is 742. The summed E-state index contributed by atoms with van der Waals surface area (Å²) in [5, 5.41) is 0. The summed E-state index contributed by atoms with van der Waals surface area (Å²) in [6.07, 6.45) is 0. The number of nitrogens with zero attached hydrogens (tertiary/aromatic N) is 1. The fraction of sp³-hybridized carbons (Fsp3) is 0.316. The van der Waals surface area contributed by atoms with Crippen LogP contribution in [0.25, 0.3) is 11.1 Å². The van der Waals surface area contributed by atoms with Crippen LogP contribution in [0.5, 0.6) is 0 Å². The molecule has 2 nitrogen and oxygen atoms in total. The first-order chi connectivity index (χ1) is 10.4. The average molecular weight is 297 g/mol. The molecule has 0 saturated carbocycles.